The standard InChI is InChI=1S/C10H13BrN2OS.ClH/c11-8-4-7(5-15-8)9(14)13-6-10(12)2-1-3-10;/h4-5H,1-3,6,12H2,(H,13,14);1H. The number of rotatable bonds is 3. The van der Waals surface area contributed by atoms with Crippen molar-refractivity contribution >= 4 is 45.6 Å². The van der Waals surface area contributed by atoms with E-state index in [0.717, 1.165) is 16.6 Å². The number of hydrogen-bond acceptors (Lipinski definition) is 3. The maximum absolute atomic E-state index is 11.7. The van der Waals surface area contributed by atoms with E-state index in [9.17, 15) is 4.79 Å². The number of nitrogens with two attached hydrogens (primary N) is 1. The predicted molar refractivity (Wildman–Crippen MR) is 72.4 cm³/mol. The summed E-state index contributed by atoms with van der Waals surface area (Å²) in [5, 5.41) is 4.71. The number of amides is 1. The molecule has 0 bridgehead atoms. The molecule has 1 aliphatic carbocycles. The SMILES string of the molecule is Cl.NC1(CNC(=O)c2csc(Br)c2)CCC1. The molecule has 0 aromatic carbocycles. The van der Waals surface area contributed by atoms with Crippen LogP contribution < -0.4 is 11.1 Å². The van der Waals surface area contributed by atoms with Crippen molar-refractivity contribution < 1.29 is 4.79 Å². The third-order valence-corrected chi connectivity index (χ3v) is 4.28. The van der Waals surface area contributed by atoms with E-state index < -0.39 is 0 Å². The average Bonchev–Trinajstić information content (AvgIpc) is 2.58. The van der Waals surface area contributed by atoms with Crippen molar-refractivity contribution in [3.8, 4) is 0 Å². The van der Waals surface area contributed by atoms with Crippen molar-refractivity contribution in [2.75, 3.05) is 6.54 Å². The van der Waals surface area contributed by atoms with E-state index in [0.29, 0.717) is 12.1 Å². The molecule has 0 aliphatic heterocycles. The summed E-state index contributed by atoms with van der Waals surface area (Å²) < 4.78 is 0.971. The van der Waals surface area contributed by atoms with Crippen LogP contribution in [0.25, 0.3) is 0 Å². The van der Waals surface area contributed by atoms with Crippen LogP contribution in [0.4, 0.5) is 0 Å². The summed E-state index contributed by atoms with van der Waals surface area (Å²) in [6.07, 6.45) is 3.21. The highest BCUT2D eigenvalue weighted by Gasteiger charge is 2.32. The molecule has 3 nitrogen and oxygen atoms in total. The molecule has 1 amide bonds. The second-order valence-corrected chi connectivity index (χ2v) is 6.33. The van der Waals surface area contributed by atoms with Gasteiger partial charge in [-0.05, 0) is 41.3 Å². The summed E-state index contributed by atoms with van der Waals surface area (Å²) >= 11 is 4.84. The molecular formula is C10H14BrClN2OS. The van der Waals surface area contributed by atoms with Crippen LogP contribution >= 0.6 is 39.7 Å². The summed E-state index contributed by atoms with van der Waals surface area (Å²) in [4.78, 5) is 11.7. The van der Waals surface area contributed by atoms with E-state index >= 15 is 0 Å². The van der Waals surface area contributed by atoms with E-state index in [2.05, 4.69) is 21.2 Å². The van der Waals surface area contributed by atoms with E-state index in [-0.39, 0.29) is 23.9 Å². The first-order chi connectivity index (χ1) is 7.09. The molecule has 0 radical (unpaired) electrons. The molecule has 1 saturated carbocycles. The van der Waals surface area contributed by atoms with Crippen LogP contribution in [0.15, 0.2) is 15.2 Å². The summed E-state index contributed by atoms with van der Waals surface area (Å²) in [7, 11) is 0. The van der Waals surface area contributed by atoms with Gasteiger partial charge in [0, 0.05) is 17.5 Å². The van der Waals surface area contributed by atoms with Crippen molar-refractivity contribution in [2.45, 2.75) is 24.8 Å². The Morgan fingerprint density at radius 1 is 1.62 bits per heavy atom. The van der Waals surface area contributed by atoms with Crippen molar-refractivity contribution in [1.82, 2.24) is 5.32 Å². The zero-order chi connectivity index (χ0) is 10.9. The molecule has 0 unspecified atom stereocenters. The van der Waals surface area contributed by atoms with Gasteiger partial charge in [0.1, 0.15) is 0 Å². The van der Waals surface area contributed by atoms with Crippen LogP contribution in [0.2, 0.25) is 0 Å². The lowest BCUT2D eigenvalue weighted by atomic mass is 9.78. The van der Waals surface area contributed by atoms with Gasteiger partial charge >= 0.3 is 0 Å². The van der Waals surface area contributed by atoms with Crippen LogP contribution in [0.1, 0.15) is 29.6 Å². The van der Waals surface area contributed by atoms with Crippen LogP contribution in [0.3, 0.4) is 0 Å². The first-order valence-electron chi connectivity index (χ1n) is 4.90. The Balaban J connectivity index is 0.00000128. The normalized spacial score (nSPS) is 17.1. The van der Waals surface area contributed by atoms with E-state index in [1.807, 2.05) is 11.4 Å². The molecule has 1 aromatic heterocycles. The monoisotopic (exact) mass is 324 g/mol. The van der Waals surface area contributed by atoms with Crippen molar-refractivity contribution in [3.05, 3.63) is 20.8 Å². The molecule has 2 rings (SSSR count). The Labute approximate surface area is 113 Å². The van der Waals surface area contributed by atoms with Crippen molar-refractivity contribution in [1.29, 1.82) is 0 Å². The number of nitrogens with one attached hydrogen (secondary N) is 1. The van der Waals surface area contributed by atoms with Crippen LogP contribution in [0.5, 0.6) is 0 Å². The fourth-order valence-corrected chi connectivity index (χ4v) is 2.73. The minimum Gasteiger partial charge on any atom is -0.350 e. The molecule has 0 spiro atoms. The highest BCUT2D eigenvalue weighted by atomic mass is 79.9. The van der Waals surface area contributed by atoms with Gasteiger partial charge in [-0.3, -0.25) is 4.79 Å². The third-order valence-electron chi connectivity index (χ3n) is 2.78. The Morgan fingerprint density at radius 3 is 2.75 bits per heavy atom. The van der Waals surface area contributed by atoms with E-state index in [4.69, 9.17) is 5.73 Å². The van der Waals surface area contributed by atoms with E-state index in [1.54, 1.807) is 0 Å². The second-order valence-electron chi connectivity index (χ2n) is 4.04. The molecule has 16 heavy (non-hydrogen) atoms. The summed E-state index contributed by atoms with van der Waals surface area (Å²) in [5.41, 5.74) is 6.57. The lowest BCUT2D eigenvalue weighted by Crippen LogP contribution is -2.54. The zero-order valence-corrected chi connectivity index (χ0v) is 11.9. The minimum absolute atomic E-state index is 0. The van der Waals surface area contributed by atoms with Gasteiger partial charge in [0.05, 0.1) is 9.35 Å². The maximum Gasteiger partial charge on any atom is 0.252 e. The van der Waals surface area contributed by atoms with Gasteiger partial charge in [0.25, 0.3) is 5.91 Å². The number of halogens is 2. The smallest absolute Gasteiger partial charge is 0.252 e. The number of thiophene rings is 1. The van der Waals surface area contributed by atoms with Crippen LogP contribution in [-0.4, -0.2) is 18.0 Å². The van der Waals surface area contributed by atoms with Crippen molar-refractivity contribution in [2.24, 2.45) is 5.73 Å². The number of carbonyl (C=O) groups is 1. The second kappa shape index (κ2) is 5.49. The molecule has 0 atom stereocenters. The first kappa shape index (κ1) is 14.0. The molecule has 1 aliphatic rings. The van der Waals surface area contributed by atoms with Gasteiger partial charge in [-0.2, -0.15) is 0 Å². The molecular weight excluding hydrogens is 312 g/mol. The Kier molecular flexibility index (Phi) is 4.79. The molecule has 1 aromatic rings. The molecule has 1 fully saturated rings. The summed E-state index contributed by atoms with van der Waals surface area (Å²) in [5.74, 6) is -0.0336. The van der Waals surface area contributed by atoms with Gasteiger partial charge in [0.2, 0.25) is 0 Å². The van der Waals surface area contributed by atoms with Gasteiger partial charge in [-0.25, -0.2) is 0 Å². The largest absolute Gasteiger partial charge is 0.350 e. The van der Waals surface area contributed by atoms with E-state index in [1.165, 1.54) is 17.8 Å². The summed E-state index contributed by atoms with van der Waals surface area (Å²) in [6.45, 7) is 0.583. The highest BCUT2D eigenvalue weighted by Crippen LogP contribution is 2.28. The van der Waals surface area contributed by atoms with Gasteiger partial charge in [-0.1, -0.05) is 0 Å². The third kappa shape index (κ3) is 3.20. The lowest BCUT2D eigenvalue weighted by molar-refractivity contribution is 0.0930. The molecule has 6 heteroatoms. The van der Waals surface area contributed by atoms with Gasteiger partial charge < -0.3 is 11.1 Å². The Morgan fingerprint density at radius 2 is 2.31 bits per heavy atom. The van der Waals surface area contributed by atoms with Gasteiger partial charge in [-0.15, -0.1) is 23.7 Å². The Hall–Kier alpha value is -0.100. The van der Waals surface area contributed by atoms with Crippen LogP contribution in [0, 0.1) is 0 Å². The molecule has 3 N–H and O–H groups in total. The molecule has 0 saturated heterocycles. The molecule has 1 heterocycles. The fourth-order valence-electron chi connectivity index (χ4n) is 1.60. The molecule has 90 valence electrons. The maximum atomic E-state index is 11.7. The van der Waals surface area contributed by atoms with Crippen LogP contribution in [-0.2, 0) is 0 Å². The first-order valence-corrected chi connectivity index (χ1v) is 6.57. The summed E-state index contributed by atoms with van der Waals surface area (Å²) in [6, 6.07) is 1.82. The number of carbonyl (C=O) groups excluding carboxylic acids is 1. The van der Waals surface area contributed by atoms with Gasteiger partial charge in [0.15, 0.2) is 0 Å². The Bertz CT molecular complexity index is 379. The minimum atomic E-state index is -0.150. The topological polar surface area (TPSA) is 55.1 Å². The predicted octanol–water partition coefficient (Wildman–Crippen LogP) is 2.54. The zero-order valence-electron chi connectivity index (χ0n) is 8.66. The highest BCUT2D eigenvalue weighted by molar-refractivity contribution is 9.11. The average molecular weight is 326 g/mol. The number of hydrogen-bond donors (Lipinski definition) is 2. The fraction of sp³-hybridized carbons (Fsp3) is 0.500. The quantitative estimate of drug-likeness (QED) is 0.897. The van der Waals surface area contributed by atoms with Crippen molar-refractivity contribution in [3.63, 3.8) is 0 Å². The lowest BCUT2D eigenvalue weighted by Gasteiger charge is -2.38.